The van der Waals surface area contributed by atoms with Gasteiger partial charge in [-0.15, -0.1) is 0 Å². The summed E-state index contributed by atoms with van der Waals surface area (Å²) in [5.74, 6) is -1.07. The van der Waals surface area contributed by atoms with Crippen LogP contribution in [0.3, 0.4) is 0 Å². The van der Waals surface area contributed by atoms with Crippen LogP contribution < -0.4 is 4.74 Å². The van der Waals surface area contributed by atoms with Crippen LogP contribution in [0.5, 0.6) is 5.75 Å². The smallest absolute Gasteiger partial charge is 0.310 e. The fraction of sp³-hybridized carbons (Fsp3) is 0.500. The first-order chi connectivity index (χ1) is 10.9. The lowest BCUT2D eigenvalue weighted by Crippen LogP contribution is -2.35. The summed E-state index contributed by atoms with van der Waals surface area (Å²) in [4.78, 5) is 10.9. The predicted molar refractivity (Wildman–Crippen MR) is 85.2 cm³/mol. The molecule has 24 heavy (non-hydrogen) atoms. The van der Waals surface area contributed by atoms with E-state index < -0.39 is 31.2 Å². The van der Waals surface area contributed by atoms with Gasteiger partial charge in [-0.3, -0.25) is 4.79 Å². The van der Waals surface area contributed by atoms with E-state index in [1.807, 2.05) is 0 Å². The van der Waals surface area contributed by atoms with E-state index >= 15 is 0 Å². The average molecular weight is 377 g/mol. The molecule has 0 saturated carbocycles. The molecule has 1 aliphatic heterocycles. The number of carboxylic acid groups (broad SMARTS) is 1. The van der Waals surface area contributed by atoms with Crippen LogP contribution in [0.2, 0.25) is 0 Å². The molecule has 1 fully saturated rings. The number of carbonyl (C=O) groups is 1. The van der Waals surface area contributed by atoms with Crippen LogP contribution in [0.15, 0.2) is 28.0 Å². The zero-order valence-electron chi connectivity index (χ0n) is 13.5. The van der Waals surface area contributed by atoms with Gasteiger partial charge in [0, 0.05) is 19.3 Å². The number of ether oxygens (including phenoxy) is 1. The Morgan fingerprint density at radius 1 is 1.29 bits per heavy atom. The van der Waals surface area contributed by atoms with Gasteiger partial charge in [0.05, 0.1) is 17.4 Å². The van der Waals surface area contributed by atoms with Crippen molar-refractivity contribution in [2.45, 2.75) is 23.1 Å². The van der Waals surface area contributed by atoms with Crippen LogP contribution in [-0.4, -0.2) is 58.7 Å². The lowest BCUT2D eigenvalue weighted by atomic mass is 9.90. The molecule has 8 nitrogen and oxygen atoms in total. The molecule has 1 unspecified atom stereocenters. The van der Waals surface area contributed by atoms with Crippen LogP contribution in [-0.2, 0) is 24.7 Å². The number of carboxylic acids is 1. The third-order valence-corrected chi connectivity index (χ3v) is 7.11. The summed E-state index contributed by atoms with van der Waals surface area (Å²) in [7, 11) is -6.41. The van der Waals surface area contributed by atoms with Crippen molar-refractivity contribution in [3.8, 4) is 5.75 Å². The van der Waals surface area contributed by atoms with Crippen molar-refractivity contribution in [3.63, 3.8) is 0 Å². The van der Waals surface area contributed by atoms with Gasteiger partial charge in [-0.1, -0.05) is 0 Å². The lowest BCUT2D eigenvalue weighted by molar-refractivity contribution is -0.146. The third-order valence-electron chi connectivity index (χ3n) is 4.14. The zero-order chi connectivity index (χ0) is 18.3. The van der Waals surface area contributed by atoms with Gasteiger partial charge in [0.25, 0.3) is 0 Å². The Labute approximate surface area is 141 Å². The number of sulfone groups is 1. The minimum Gasteiger partial charge on any atom is -0.495 e. The maximum absolute atomic E-state index is 12.9. The van der Waals surface area contributed by atoms with Crippen molar-refractivity contribution in [1.82, 2.24) is 4.31 Å². The van der Waals surface area contributed by atoms with Crippen LogP contribution in [0.25, 0.3) is 0 Å². The number of hydrogen-bond donors (Lipinski definition) is 1. The Hall–Kier alpha value is -1.65. The van der Waals surface area contributed by atoms with Gasteiger partial charge in [-0.2, -0.15) is 4.31 Å². The van der Waals surface area contributed by atoms with Crippen molar-refractivity contribution >= 4 is 25.8 Å². The van der Waals surface area contributed by atoms with Crippen molar-refractivity contribution in [3.05, 3.63) is 18.2 Å². The van der Waals surface area contributed by atoms with Gasteiger partial charge >= 0.3 is 5.97 Å². The molecule has 0 aromatic heterocycles. The minimum atomic E-state index is -4.09. The van der Waals surface area contributed by atoms with Gasteiger partial charge in [0.2, 0.25) is 10.0 Å². The number of rotatable bonds is 5. The van der Waals surface area contributed by atoms with Crippen molar-refractivity contribution < 1.29 is 31.5 Å². The number of benzene rings is 1. The molecule has 134 valence electrons. The van der Waals surface area contributed by atoms with E-state index in [0.717, 1.165) is 16.6 Å². The van der Waals surface area contributed by atoms with Gasteiger partial charge in [-0.25, -0.2) is 16.8 Å². The first-order valence-electron chi connectivity index (χ1n) is 7.03. The normalized spacial score (nSPS) is 22.5. The SMILES string of the molecule is COc1ccc(S(C)(=O)=O)cc1S(=O)(=O)N1CCC(C)(C(=O)O)C1. The van der Waals surface area contributed by atoms with Gasteiger partial charge < -0.3 is 9.84 Å². The standard InChI is InChI=1S/C14H19NO7S2/c1-14(13(16)17)6-7-15(9-14)24(20,21)12-8-10(23(3,18)19)4-5-11(12)22-2/h4-5,8H,6-7,9H2,1-3H3,(H,16,17). The molecule has 1 heterocycles. The maximum Gasteiger partial charge on any atom is 0.310 e. The van der Waals surface area contributed by atoms with Crippen molar-refractivity contribution in [1.29, 1.82) is 0 Å². The average Bonchev–Trinajstić information content (AvgIpc) is 2.90. The molecule has 1 aromatic rings. The molecule has 0 bridgehead atoms. The van der Waals surface area contributed by atoms with E-state index in [9.17, 15) is 26.7 Å². The van der Waals surface area contributed by atoms with E-state index in [4.69, 9.17) is 4.74 Å². The maximum atomic E-state index is 12.9. The number of methoxy groups -OCH3 is 1. The summed E-state index contributed by atoms with van der Waals surface area (Å²) in [6.45, 7) is 1.34. The minimum absolute atomic E-state index is 0.00586. The van der Waals surface area contributed by atoms with E-state index in [-0.39, 0.29) is 35.1 Å². The number of sulfonamides is 1. The van der Waals surface area contributed by atoms with Crippen LogP contribution >= 0.6 is 0 Å². The van der Waals surface area contributed by atoms with Crippen molar-refractivity contribution in [2.75, 3.05) is 26.5 Å². The number of nitrogens with zero attached hydrogens (tertiary/aromatic N) is 1. The summed E-state index contributed by atoms with van der Waals surface area (Å²) in [5.41, 5.74) is -1.17. The Balaban J connectivity index is 2.52. The molecular weight excluding hydrogens is 358 g/mol. The predicted octanol–water partition coefficient (Wildman–Crippen LogP) is 0.584. The highest BCUT2D eigenvalue weighted by molar-refractivity contribution is 7.91. The molecule has 0 aliphatic carbocycles. The zero-order valence-corrected chi connectivity index (χ0v) is 15.1. The van der Waals surface area contributed by atoms with E-state index in [2.05, 4.69) is 0 Å². The molecule has 2 rings (SSSR count). The Kier molecular flexibility index (Phi) is 4.68. The number of hydrogen-bond acceptors (Lipinski definition) is 6. The second kappa shape index (κ2) is 6.01. The summed E-state index contributed by atoms with van der Waals surface area (Å²) in [6.07, 6.45) is 1.15. The largest absolute Gasteiger partial charge is 0.495 e. The molecule has 0 spiro atoms. The van der Waals surface area contributed by atoms with E-state index in [1.54, 1.807) is 0 Å². The quantitative estimate of drug-likeness (QED) is 0.797. The second-order valence-electron chi connectivity index (χ2n) is 6.04. The van der Waals surface area contributed by atoms with Crippen LogP contribution in [0.1, 0.15) is 13.3 Å². The second-order valence-corrected chi connectivity index (χ2v) is 9.96. The fourth-order valence-electron chi connectivity index (χ4n) is 2.53. The van der Waals surface area contributed by atoms with E-state index in [1.165, 1.54) is 26.2 Å². The Morgan fingerprint density at radius 3 is 2.38 bits per heavy atom. The first-order valence-corrected chi connectivity index (χ1v) is 10.4. The van der Waals surface area contributed by atoms with E-state index in [0.29, 0.717) is 0 Å². The van der Waals surface area contributed by atoms with Gasteiger partial charge in [-0.05, 0) is 31.5 Å². The summed E-state index contributed by atoms with van der Waals surface area (Å²) in [6, 6.07) is 3.58. The van der Waals surface area contributed by atoms with Crippen LogP contribution in [0.4, 0.5) is 0 Å². The van der Waals surface area contributed by atoms with Crippen molar-refractivity contribution in [2.24, 2.45) is 5.41 Å². The molecular formula is C14H19NO7S2. The molecule has 1 aliphatic rings. The fourth-order valence-corrected chi connectivity index (χ4v) is 4.99. The monoisotopic (exact) mass is 377 g/mol. The molecule has 1 aromatic carbocycles. The molecule has 0 radical (unpaired) electrons. The highest BCUT2D eigenvalue weighted by Crippen LogP contribution is 2.36. The highest BCUT2D eigenvalue weighted by atomic mass is 32.2. The lowest BCUT2D eigenvalue weighted by Gasteiger charge is -2.21. The third kappa shape index (κ3) is 3.26. The van der Waals surface area contributed by atoms with Crippen LogP contribution in [0, 0.1) is 5.41 Å². The molecule has 10 heteroatoms. The molecule has 1 N–H and O–H groups in total. The molecule has 1 atom stereocenters. The highest BCUT2D eigenvalue weighted by Gasteiger charge is 2.45. The van der Waals surface area contributed by atoms with Gasteiger partial charge in [0.15, 0.2) is 9.84 Å². The molecule has 1 saturated heterocycles. The Morgan fingerprint density at radius 2 is 1.92 bits per heavy atom. The Bertz CT molecular complexity index is 876. The number of aliphatic carboxylic acids is 1. The first kappa shape index (κ1) is 18.7. The summed E-state index contributed by atoms with van der Waals surface area (Å²) < 4.78 is 55.2. The topological polar surface area (TPSA) is 118 Å². The summed E-state index contributed by atoms with van der Waals surface area (Å²) in [5, 5.41) is 9.25. The molecule has 0 amide bonds. The van der Waals surface area contributed by atoms with Gasteiger partial charge in [0.1, 0.15) is 10.6 Å². The summed E-state index contributed by atoms with van der Waals surface area (Å²) >= 11 is 0.